The minimum Gasteiger partial charge on any atom is -0.546 e. The molecule has 1 heterocycles. The van der Waals surface area contributed by atoms with Gasteiger partial charge in [-0.15, -0.1) is 0 Å². The van der Waals surface area contributed by atoms with Gasteiger partial charge < -0.3 is 61.2 Å². The Morgan fingerprint density at radius 3 is 1.94 bits per heavy atom. The van der Waals surface area contributed by atoms with Crippen molar-refractivity contribution in [2.24, 2.45) is 11.5 Å². The van der Waals surface area contributed by atoms with E-state index in [0.29, 0.717) is 0 Å². The predicted octanol–water partition coefficient (Wildman–Crippen LogP) is -5.00. The van der Waals surface area contributed by atoms with Gasteiger partial charge in [-0.3, -0.25) is 0 Å². The van der Waals surface area contributed by atoms with Crippen LogP contribution in [0.25, 0.3) is 0 Å². The molecule has 1 saturated carbocycles. The van der Waals surface area contributed by atoms with E-state index in [-0.39, 0.29) is 33.1 Å². The third-order valence-corrected chi connectivity index (χ3v) is 5.32. The van der Waals surface area contributed by atoms with Gasteiger partial charge in [0.2, 0.25) is 0 Å². The molecule has 14 heteroatoms. The van der Waals surface area contributed by atoms with E-state index in [9.17, 15) is 39.5 Å². The van der Waals surface area contributed by atoms with Crippen molar-refractivity contribution in [3.63, 3.8) is 0 Å². The van der Waals surface area contributed by atoms with Crippen LogP contribution >= 0.6 is 0 Å². The zero-order chi connectivity index (χ0) is 23.8. The number of rotatable bonds is 8. The Morgan fingerprint density at radius 2 is 1.53 bits per heavy atom. The van der Waals surface area contributed by atoms with Gasteiger partial charge in [-0.25, -0.2) is 4.39 Å². The third kappa shape index (κ3) is 8.54. The molecule has 0 aromatic heterocycles. The molecule has 12 nitrogen and oxygen atoms in total. The van der Waals surface area contributed by atoms with Crippen LogP contribution in [0.5, 0.6) is 0 Å². The van der Waals surface area contributed by atoms with E-state index in [0.717, 1.165) is 12.8 Å². The Morgan fingerprint density at radius 1 is 1.03 bits per heavy atom. The van der Waals surface area contributed by atoms with E-state index in [1.54, 1.807) is 0 Å². The average molecular weight is 650 g/mol. The van der Waals surface area contributed by atoms with Gasteiger partial charge in [0.1, 0.15) is 24.4 Å². The minimum atomic E-state index is -3.68. The number of carboxylic acid groups (broad SMARTS) is 2. The quantitative estimate of drug-likeness (QED) is 0.107. The molecule has 2 rings (SSSR count). The largest absolute Gasteiger partial charge is 2.00 e. The van der Waals surface area contributed by atoms with E-state index >= 15 is 0 Å². The van der Waals surface area contributed by atoms with E-state index in [1.165, 1.54) is 12.8 Å². The fourth-order valence-corrected chi connectivity index (χ4v) is 3.20. The smallest absolute Gasteiger partial charge is 0.546 e. The van der Waals surface area contributed by atoms with Crippen LogP contribution in [0.15, 0.2) is 0 Å². The molecule has 32 heavy (non-hydrogen) atoms. The number of aliphatic hydroxyl groups excluding tert-OH is 4. The van der Waals surface area contributed by atoms with Crippen LogP contribution < -0.4 is 21.7 Å². The number of aliphatic carboxylic acids is 2. The van der Waals surface area contributed by atoms with Gasteiger partial charge in [-0.2, -0.15) is 0 Å². The second-order valence-corrected chi connectivity index (χ2v) is 7.66. The predicted molar refractivity (Wildman–Crippen MR) is 97.2 cm³/mol. The summed E-state index contributed by atoms with van der Waals surface area (Å²) in [4.78, 5) is 20.9. The van der Waals surface area contributed by atoms with Crippen molar-refractivity contribution in [2.75, 3.05) is 13.2 Å². The Balaban J connectivity index is 0.000000896. The summed E-state index contributed by atoms with van der Waals surface area (Å²) in [7, 11) is 0. The van der Waals surface area contributed by atoms with Gasteiger partial charge in [0.25, 0.3) is 0 Å². The molecule has 1 saturated heterocycles. The normalized spacial score (nSPS) is 32.8. The van der Waals surface area contributed by atoms with Crippen LogP contribution in [0.3, 0.4) is 0 Å². The molecule has 0 spiro atoms. The molecule has 1 unspecified atom stereocenters. The minimum absolute atomic E-state index is 0. The molecule has 2 fully saturated rings. The number of hydrogen-bond acceptors (Lipinski definition) is 12. The van der Waals surface area contributed by atoms with Crippen LogP contribution in [-0.2, 0) is 40.1 Å². The van der Waals surface area contributed by atoms with Crippen molar-refractivity contribution in [1.82, 2.24) is 0 Å². The summed E-state index contributed by atoms with van der Waals surface area (Å²) in [5.74, 6) is -4.91. The van der Waals surface area contributed by atoms with Gasteiger partial charge >= 0.3 is 21.1 Å². The maximum atomic E-state index is 13.5. The molecule has 1 aliphatic carbocycles. The Kier molecular flexibility index (Phi) is 14.1. The van der Waals surface area contributed by atoms with Crippen molar-refractivity contribution >= 4 is 11.9 Å². The summed E-state index contributed by atoms with van der Waals surface area (Å²) in [6, 6.07) is 0.562. The Labute approximate surface area is 198 Å². The maximum Gasteiger partial charge on any atom is 2.00 e. The number of nitrogens with two attached hydrogens (primary N) is 2. The van der Waals surface area contributed by atoms with Crippen LogP contribution in [0, 0.1) is 0 Å². The monoisotopic (exact) mass is 649 g/mol. The fourth-order valence-electron chi connectivity index (χ4n) is 3.20. The summed E-state index contributed by atoms with van der Waals surface area (Å²) >= 11 is 0. The van der Waals surface area contributed by atoms with Crippen molar-refractivity contribution < 1.29 is 75.2 Å². The molecule has 0 radical (unpaired) electrons. The summed E-state index contributed by atoms with van der Waals surface area (Å²) in [5, 5.41) is 58.6. The van der Waals surface area contributed by atoms with Gasteiger partial charge in [0.15, 0.2) is 12.0 Å². The molecule has 190 valence electrons. The number of hydrogen-bond donors (Lipinski definition) is 6. The van der Waals surface area contributed by atoms with Crippen LogP contribution in [0.4, 0.5) is 4.39 Å². The van der Waals surface area contributed by atoms with E-state index in [4.69, 9.17) is 26.0 Å². The number of aliphatic hydroxyl groups is 4. The topological polar surface area (TPSA) is 232 Å². The summed E-state index contributed by atoms with van der Waals surface area (Å²) in [5.41, 5.74) is 7.62. The van der Waals surface area contributed by atoms with Crippen LogP contribution in [-0.4, -0.2) is 94.0 Å². The molecule has 8 N–H and O–H groups in total. The SMILES string of the molecule is N[C@@H]1CCCC[C@H]1N.O=C([O-])C(F)(CCCOC1O[C@H](CO)[C@@H](O)[C@H](O)[C@H]1O)C(=O)[O-].[Pt+2]. The molecule has 0 aromatic carbocycles. The second-order valence-electron chi connectivity index (χ2n) is 7.66. The first-order chi connectivity index (χ1) is 14.5. The number of carbonyl (C=O) groups is 2. The zero-order valence-corrected chi connectivity index (χ0v) is 19.6. The first-order valence-corrected chi connectivity index (χ1v) is 10.0. The number of alkyl halides is 1. The van der Waals surface area contributed by atoms with Crippen molar-refractivity contribution in [3.05, 3.63) is 0 Å². The van der Waals surface area contributed by atoms with Crippen molar-refractivity contribution in [2.45, 2.75) is 87.0 Å². The van der Waals surface area contributed by atoms with Crippen LogP contribution in [0.1, 0.15) is 38.5 Å². The molecule has 2 aliphatic rings. The van der Waals surface area contributed by atoms with E-state index < -0.39 is 74.4 Å². The zero-order valence-electron chi connectivity index (χ0n) is 17.3. The first kappa shape index (κ1) is 31.2. The van der Waals surface area contributed by atoms with Gasteiger partial charge in [0, 0.05) is 12.1 Å². The van der Waals surface area contributed by atoms with Crippen molar-refractivity contribution in [3.8, 4) is 0 Å². The van der Waals surface area contributed by atoms with Gasteiger partial charge in [0.05, 0.1) is 25.2 Å². The third-order valence-electron chi connectivity index (χ3n) is 5.32. The molecular formula is C18H31FN2O10Pt. The van der Waals surface area contributed by atoms with Crippen molar-refractivity contribution in [1.29, 1.82) is 0 Å². The summed E-state index contributed by atoms with van der Waals surface area (Å²) < 4.78 is 23.5. The Hall–Kier alpha value is -0.762. The summed E-state index contributed by atoms with van der Waals surface area (Å²) in [6.07, 6.45) is -4.22. The van der Waals surface area contributed by atoms with E-state index in [2.05, 4.69) is 0 Å². The number of carboxylic acids is 2. The van der Waals surface area contributed by atoms with Gasteiger partial charge in [-0.1, -0.05) is 12.8 Å². The Bertz CT molecular complexity index is 564. The van der Waals surface area contributed by atoms with E-state index in [1.807, 2.05) is 0 Å². The number of ether oxygens (including phenoxy) is 2. The number of halogens is 1. The average Bonchev–Trinajstić information content (AvgIpc) is 2.73. The molecule has 0 bridgehead atoms. The second kappa shape index (κ2) is 14.5. The van der Waals surface area contributed by atoms with Gasteiger partial charge in [-0.05, 0) is 25.7 Å². The summed E-state index contributed by atoms with van der Waals surface area (Å²) in [6.45, 7) is -1.11. The van der Waals surface area contributed by atoms with Crippen LogP contribution in [0.2, 0.25) is 0 Å². The number of carbonyl (C=O) groups excluding carboxylic acids is 2. The molecular weight excluding hydrogens is 618 g/mol. The standard InChI is InChI=1S/C12H19FO10.C6H14N2.Pt/c13-12(10(18)19,11(20)21)2-1-3-22-9-8(17)7(16)6(15)5(4-14)23-9;7-5-3-1-2-4-6(5)8;/h5-9,14-17H,1-4H2,(H,18,19)(H,20,21);5-6H,1-4,7-8H2;/q;;+2/p-2/t5-,6-,7+,8-,9?;5-,6-;/m11./s1. The molecule has 0 aromatic rings. The first-order valence-electron chi connectivity index (χ1n) is 10.0. The molecule has 0 amide bonds. The molecule has 1 aliphatic heterocycles. The molecule has 7 atom stereocenters. The maximum absolute atomic E-state index is 13.5. The fraction of sp³-hybridized carbons (Fsp3) is 0.889.